The Morgan fingerprint density at radius 3 is 2.36 bits per heavy atom. The zero-order valence-corrected chi connectivity index (χ0v) is 7.22. The lowest BCUT2D eigenvalue weighted by Gasteiger charge is -2.27. The Bertz CT molecular complexity index is 113. The standard InChI is InChI=1S/C7H13NO2.ClH/c9-5-7-1-3-8(6-10)4-2-7;/h6-7,9H,1-5H2;1H. The average molecular weight is 180 g/mol. The maximum atomic E-state index is 10.2. The molecule has 0 aromatic carbocycles. The molecule has 0 bridgehead atoms. The number of rotatable bonds is 2. The van der Waals surface area contributed by atoms with Gasteiger partial charge in [0.05, 0.1) is 0 Å². The van der Waals surface area contributed by atoms with Gasteiger partial charge < -0.3 is 10.0 Å². The van der Waals surface area contributed by atoms with Crippen LogP contribution in [0, 0.1) is 5.92 Å². The van der Waals surface area contributed by atoms with Crippen molar-refractivity contribution in [1.29, 1.82) is 0 Å². The van der Waals surface area contributed by atoms with Gasteiger partial charge in [-0.1, -0.05) is 0 Å². The average Bonchev–Trinajstić information content (AvgIpc) is 2.05. The lowest BCUT2D eigenvalue weighted by Crippen LogP contribution is -2.33. The van der Waals surface area contributed by atoms with Crippen LogP contribution in [-0.2, 0) is 4.79 Å². The molecule has 0 saturated carbocycles. The van der Waals surface area contributed by atoms with Crippen molar-refractivity contribution in [3.8, 4) is 0 Å². The molecule has 0 radical (unpaired) electrons. The van der Waals surface area contributed by atoms with Crippen molar-refractivity contribution in [1.82, 2.24) is 4.90 Å². The third-order valence-electron chi connectivity index (χ3n) is 2.06. The number of halogens is 1. The van der Waals surface area contributed by atoms with Crippen LogP contribution in [0.25, 0.3) is 0 Å². The monoisotopic (exact) mass is 179 g/mol. The predicted octanol–water partition coefficient (Wildman–Crippen LogP) is 0.269. The molecule has 1 heterocycles. The maximum absolute atomic E-state index is 10.2. The SMILES string of the molecule is Cl.O=CN1CCC(CO)CC1. The molecule has 1 aliphatic rings. The first-order chi connectivity index (χ1) is 4.86. The Balaban J connectivity index is 0.000001000. The number of amides is 1. The van der Waals surface area contributed by atoms with Crippen LogP contribution in [0.5, 0.6) is 0 Å². The van der Waals surface area contributed by atoms with Crippen molar-refractivity contribution in [2.24, 2.45) is 5.92 Å². The zero-order valence-electron chi connectivity index (χ0n) is 6.40. The first kappa shape index (κ1) is 10.7. The number of aliphatic hydroxyl groups excluding tert-OH is 1. The van der Waals surface area contributed by atoms with Gasteiger partial charge in [0.1, 0.15) is 0 Å². The highest BCUT2D eigenvalue weighted by atomic mass is 35.5. The molecule has 66 valence electrons. The van der Waals surface area contributed by atoms with Gasteiger partial charge in [0.15, 0.2) is 0 Å². The van der Waals surface area contributed by atoms with Gasteiger partial charge in [-0.05, 0) is 18.8 Å². The van der Waals surface area contributed by atoms with Gasteiger partial charge in [-0.3, -0.25) is 4.79 Å². The minimum atomic E-state index is 0. The van der Waals surface area contributed by atoms with Gasteiger partial charge in [0, 0.05) is 19.7 Å². The maximum Gasteiger partial charge on any atom is 0.209 e. The molecule has 0 spiro atoms. The Kier molecular flexibility index (Phi) is 5.24. The van der Waals surface area contributed by atoms with E-state index in [9.17, 15) is 4.79 Å². The third kappa shape index (κ3) is 3.08. The van der Waals surface area contributed by atoms with E-state index >= 15 is 0 Å². The molecule has 11 heavy (non-hydrogen) atoms. The minimum Gasteiger partial charge on any atom is -0.396 e. The van der Waals surface area contributed by atoms with Crippen LogP contribution in [0.3, 0.4) is 0 Å². The summed E-state index contributed by atoms with van der Waals surface area (Å²) in [6, 6.07) is 0. The molecule has 1 fully saturated rings. The smallest absolute Gasteiger partial charge is 0.209 e. The van der Waals surface area contributed by atoms with E-state index in [1.54, 1.807) is 4.90 Å². The highest BCUT2D eigenvalue weighted by molar-refractivity contribution is 5.85. The Labute approximate surface area is 72.8 Å². The molecule has 3 nitrogen and oxygen atoms in total. The van der Waals surface area contributed by atoms with E-state index in [4.69, 9.17) is 5.11 Å². The van der Waals surface area contributed by atoms with Crippen molar-refractivity contribution in [2.75, 3.05) is 19.7 Å². The second kappa shape index (κ2) is 5.38. The number of hydrogen-bond donors (Lipinski definition) is 1. The summed E-state index contributed by atoms with van der Waals surface area (Å²) in [4.78, 5) is 12.0. The fourth-order valence-corrected chi connectivity index (χ4v) is 1.24. The number of piperidine rings is 1. The molecule has 1 aliphatic heterocycles. The van der Waals surface area contributed by atoms with Gasteiger partial charge in [0.2, 0.25) is 6.41 Å². The van der Waals surface area contributed by atoms with Gasteiger partial charge >= 0.3 is 0 Å². The van der Waals surface area contributed by atoms with E-state index in [0.717, 1.165) is 32.3 Å². The molecule has 1 rings (SSSR count). The summed E-state index contributed by atoms with van der Waals surface area (Å²) < 4.78 is 0. The van der Waals surface area contributed by atoms with E-state index in [1.807, 2.05) is 0 Å². The van der Waals surface area contributed by atoms with Crippen molar-refractivity contribution in [3.05, 3.63) is 0 Å². The van der Waals surface area contributed by atoms with Crippen molar-refractivity contribution in [3.63, 3.8) is 0 Å². The first-order valence-corrected chi connectivity index (χ1v) is 3.67. The van der Waals surface area contributed by atoms with Gasteiger partial charge in [-0.2, -0.15) is 0 Å². The highest BCUT2D eigenvalue weighted by Gasteiger charge is 2.16. The zero-order chi connectivity index (χ0) is 7.40. The van der Waals surface area contributed by atoms with Crippen LogP contribution < -0.4 is 0 Å². The molecule has 0 aliphatic carbocycles. The second-order valence-electron chi connectivity index (χ2n) is 2.77. The van der Waals surface area contributed by atoms with E-state index in [2.05, 4.69) is 0 Å². The summed E-state index contributed by atoms with van der Waals surface area (Å²) >= 11 is 0. The van der Waals surface area contributed by atoms with E-state index in [-0.39, 0.29) is 19.0 Å². The lowest BCUT2D eigenvalue weighted by atomic mass is 9.98. The highest BCUT2D eigenvalue weighted by Crippen LogP contribution is 2.14. The third-order valence-corrected chi connectivity index (χ3v) is 2.06. The number of hydrogen-bond acceptors (Lipinski definition) is 2. The van der Waals surface area contributed by atoms with Crippen LogP contribution in [-0.4, -0.2) is 36.1 Å². The molecular formula is C7H14ClNO2. The summed E-state index contributed by atoms with van der Waals surface area (Å²) in [7, 11) is 0. The molecule has 0 atom stereocenters. The minimum absolute atomic E-state index is 0. The largest absolute Gasteiger partial charge is 0.396 e. The molecule has 0 aromatic heterocycles. The molecule has 0 unspecified atom stereocenters. The Hall–Kier alpha value is -0.280. The number of nitrogens with zero attached hydrogens (tertiary/aromatic N) is 1. The van der Waals surface area contributed by atoms with Gasteiger partial charge in [-0.25, -0.2) is 0 Å². The van der Waals surface area contributed by atoms with Crippen LogP contribution in [0.2, 0.25) is 0 Å². The van der Waals surface area contributed by atoms with E-state index in [1.165, 1.54) is 0 Å². The summed E-state index contributed by atoms with van der Waals surface area (Å²) in [5.41, 5.74) is 0. The Morgan fingerprint density at radius 1 is 1.45 bits per heavy atom. The summed E-state index contributed by atoms with van der Waals surface area (Å²) in [5.74, 6) is 0.427. The van der Waals surface area contributed by atoms with Crippen molar-refractivity contribution in [2.45, 2.75) is 12.8 Å². The topological polar surface area (TPSA) is 40.5 Å². The second-order valence-corrected chi connectivity index (χ2v) is 2.77. The van der Waals surface area contributed by atoms with Gasteiger partial charge in [0.25, 0.3) is 0 Å². The predicted molar refractivity (Wildman–Crippen MR) is 44.7 cm³/mol. The molecule has 1 amide bonds. The fraction of sp³-hybridized carbons (Fsp3) is 0.857. The van der Waals surface area contributed by atoms with Gasteiger partial charge in [-0.15, -0.1) is 12.4 Å². The van der Waals surface area contributed by atoms with Crippen LogP contribution >= 0.6 is 12.4 Å². The van der Waals surface area contributed by atoms with Crippen LogP contribution in [0.4, 0.5) is 0 Å². The van der Waals surface area contributed by atoms with Crippen LogP contribution in [0.15, 0.2) is 0 Å². The number of aliphatic hydroxyl groups is 1. The van der Waals surface area contributed by atoms with Crippen LogP contribution in [0.1, 0.15) is 12.8 Å². The number of carbonyl (C=O) groups is 1. The normalized spacial score (nSPS) is 19.2. The first-order valence-electron chi connectivity index (χ1n) is 3.67. The molecule has 1 saturated heterocycles. The summed E-state index contributed by atoms with van der Waals surface area (Å²) in [6.45, 7) is 1.90. The quantitative estimate of drug-likeness (QED) is 0.619. The Morgan fingerprint density at radius 2 is 2.00 bits per heavy atom. The molecular weight excluding hydrogens is 166 g/mol. The van der Waals surface area contributed by atoms with Crippen molar-refractivity contribution < 1.29 is 9.90 Å². The van der Waals surface area contributed by atoms with Crippen molar-refractivity contribution >= 4 is 18.8 Å². The molecule has 4 heteroatoms. The number of carbonyl (C=O) groups excluding carboxylic acids is 1. The summed E-state index contributed by atoms with van der Waals surface area (Å²) in [5, 5.41) is 8.74. The molecule has 0 aromatic rings. The summed E-state index contributed by atoms with van der Waals surface area (Å²) in [6.07, 6.45) is 2.79. The number of likely N-dealkylation sites (tertiary alicyclic amines) is 1. The lowest BCUT2D eigenvalue weighted by molar-refractivity contribution is -0.119. The molecule has 1 N–H and O–H groups in total. The van der Waals surface area contributed by atoms with E-state index in [0.29, 0.717) is 5.92 Å². The fourth-order valence-electron chi connectivity index (χ4n) is 1.24. The van der Waals surface area contributed by atoms with E-state index < -0.39 is 0 Å².